The summed E-state index contributed by atoms with van der Waals surface area (Å²) in [5.74, 6) is -0.476. The molecule has 1 aliphatic rings. The number of hydrogen-bond acceptors (Lipinski definition) is 4. The van der Waals surface area contributed by atoms with Gasteiger partial charge in [-0.3, -0.25) is 9.78 Å². The summed E-state index contributed by atoms with van der Waals surface area (Å²) in [6.07, 6.45) is 5.59. The largest absolute Gasteiger partial charge is 0.380 e. The van der Waals surface area contributed by atoms with E-state index >= 15 is 0 Å². The summed E-state index contributed by atoms with van der Waals surface area (Å²) in [5.41, 5.74) is 8.61. The minimum atomic E-state index is -0.476. The predicted molar refractivity (Wildman–Crippen MR) is 105 cm³/mol. The molecule has 0 aliphatic carbocycles. The first-order valence-corrected chi connectivity index (χ1v) is 9.08. The molecular weight excluding hydrogens is 348 g/mol. The molecule has 0 spiro atoms. The number of carbonyl (C=O) groups excluding carboxylic acids is 1. The highest BCUT2D eigenvalue weighted by Crippen LogP contribution is 2.27. The van der Waals surface area contributed by atoms with Crippen molar-refractivity contribution in [2.24, 2.45) is 5.73 Å². The fraction of sp³-hybridized carbons (Fsp3) is 0.300. The topological polar surface area (TPSA) is 71.2 Å². The molecule has 0 bridgehead atoms. The van der Waals surface area contributed by atoms with Crippen LogP contribution in [0.15, 0.2) is 48.8 Å². The lowest BCUT2D eigenvalue weighted by Gasteiger charge is -2.32. The molecule has 1 fully saturated rings. The summed E-state index contributed by atoms with van der Waals surface area (Å²) in [5, 5.41) is 4.19. The van der Waals surface area contributed by atoms with Crippen molar-refractivity contribution in [1.82, 2.24) is 15.2 Å². The van der Waals surface area contributed by atoms with Crippen molar-refractivity contribution in [3.63, 3.8) is 0 Å². The van der Waals surface area contributed by atoms with Gasteiger partial charge in [-0.15, -0.1) is 0 Å². The third kappa shape index (κ3) is 4.42. The van der Waals surface area contributed by atoms with E-state index in [1.165, 1.54) is 0 Å². The number of pyridine rings is 1. The molecular formula is C20H23ClN4O. The van der Waals surface area contributed by atoms with Gasteiger partial charge < -0.3 is 16.0 Å². The Bertz CT molecular complexity index is 789. The van der Waals surface area contributed by atoms with Gasteiger partial charge >= 0.3 is 0 Å². The smallest absolute Gasteiger partial charge is 0.251 e. The Hall–Kier alpha value is -2.37. The van der Waals surface area contributed by atoms with E-state index in [4.69, 9.17) is 17.3 Å². The van der Waals surface area contributed by atoms with Crippen molar-refractivity contribution in [2.75, 3.05) is 20.1 Å². The average molecular weight is 371 g/mol. The zero-order chi connectivity index (χ0) is 18.5. The summed E-state index contributed by atoms with van der Waals surface area (Å²) < 4.78 is 0. The van der Waals surface area contributed by atoms with Crippen molar-refractivity contribution in [1.29, 1.82) is 0 Å². The first-order chi connectivity index (χ1) is 12.5. The van der Waals surface area contributed by atoms with Crippen LogP contribution < -0.4 is 11.1 Å². The number of nitrogens with zero attached hydrogens (tertiary/aromatic N) is 2. The Morgan fingerprint density at radius 1 is 1.19 bits per heavy atom. The number of aromatic nitrogens is 1. The molecule has 5 nitrogen and oxygen atoms in total. The normalized spacial score (nSPS) is 18.9. The molecule has 1 unspecified atom stereocenters. The van der Waals surface area contributed by atoms with E-state index in [0.717, 1.165) is 42.8 Å². The number of rotatable bonds is 5. The highest BCUT2D eigenvalue weighted by Gasteiger charge is 2.22. The van der Waals surface area contributed by atoms with Crippen LogP contribution in [0.3, 0.4) is 0 Å². The lowest BCUT2D eigenvalue weighted by molar-refractivity contribution is -0.112. The highest BCUT2D eigenvalue weighted by atomic mass is 35.5. The summed E-state index contributed by atoms with van der Waals surface area (Å²) in [6.45, 7) is 2.01. The number of amides is 1. The summed E-state index contributed by atoms with van der Waals surface area (Å²) >= 11 is 6.00. The monoisotopic (exact) mass is 370 g/mol. The predicted octanol–water partition coefficient (Wildman–Crippen LogP) is 2.77. The van der Waals surface area contributed by atoms with Gasteiger partial charge in [0.2, 0.25) is 0 Å². The number of nitrogens with two attached hydrogens (primary N) is 1. The summed E-state index contributed by atoms with van der Waals surface area (Å²) in [7, 11) is 2.11. The maximum absolute atomic E-state index is 12.4. The van der Waals surface area contributed by atoms with Gasteiger partial charge in [0.15, 0.2) is 0 Å². The van der Waals surface area contributed by atoms with Crippen LogP contribution in [0.2, 0.25) is 5.02 Å². The third-order valence-electron chi connectivity index (χ3n) is 4.57. The van der Waals surface area contributed by atoms with E-state index in [2.05, 4.69) is 22.2 Å². The van der Waals surface area contributed by atoms with E-state index in [9.17, 15) is 4.79 Å². The Morgan fingerprint density at radius 2 is 1.88 bits per heavy atom. The van der Waals surface area contributed by atoms with Crippen molar-refractivity contribution in [2.45, 2.75) is 18.9 Å². The highest BCUT2D eigenvalue weighted by molar-refractivity contribution is 6.31. The van der Waals surface area contributed by atoms with Crippen LogP contribution in [0.1, 0.15) is 24.0 Å². The molecule has 1 amide bonds. The molecule has 2 aromatic rings. The van der Waals surface area contributed by atoms with Gasteiger partial charge in [0.05, 0.1) is 11.3 Å². The van der Waals surface area contributed by atoms with Gasteiger partial charge in [-0.1, -0.05) is 23.7 Å². The second-order valence-electron chi connectivity index (χ2n) is 6.60. The number of primary amides is 1. The van der Waals surface area contributed by atoms with Gasteiger partial charge in [-0.25, -0.2) is 0 Å². The third-order valence-corrected chi connectivity index (χ3v) is 4.82. The number of likely N-dealkylation sites (tertiary alicyclic amines) is 1. The quantitative estimate of drug-likeness (QED) is 0.794. The molecule has 136 valence electrons. The number of piperidine rings is 1. The Morgan fingerprint density at radius 3 is 2.50 bits per heavy atom. The molecule has 1 aromatic carbocycles. The number of carbonyl (C=O) groups is 1. The van der Waals surface area contributed by atoms with E-state index in [1.807, 2.05) is 24.3 Å². The second-order valence-corrected chi connectivity index (χ2v) is 7.04. The van der Waals surface area contributed by atoms with Crippen LogP contribution in [0, 0.1) is 0 Å². The molecule has 1 saturated heterocycles. The van der Waals surface area contributed by atoms with E-state index in [0.29, 0.717) is 10.6 Å². The molecule has 3 rings (SSSR count). The zero-order valence-corrected chi connectivity index (χ0v) is 15.5. The first kappa shape index (κ1) is 18.4. The van der Waals surface area contributed by atoms with Crippen molar-refractivity contribution < 1.29 is 4.79 Å². The molecule has 1 aromatic heterocycles. The number of hydrogen-bond donors (Lipinski definition) is 2. The molecule has 1 aliphatic heterocycles. The van der Waals surface area contributed by atoms with E-state index in [1.54, 1.807) is 24.5 Å². The molecule has 0 saturated carbocycles. The van der Waals surface area contributed by atoms with Crippen LogP contribution in [-0.4, -0.2) is 42.0 Å². The minimum Gasteiger partial charge on any atom is -0.380 e. The minimum absolute atomic E-state index is 0.249. The Kier molecular flexibility index (Phi) is 5.91. The Labute approximate surface area is 158 Å². The molecule has 3 N–H and O–H groups in total. The summed E-state index contributed by atoms with van der Waals surface area (Å²) in [4.78, 5) is 18.7. The number of benzene rings is 1. The molecule has 2 heterocycles. The fourth-order valence-corrected chi connectivity index (χ4v) is 3.46. The molecule has 0 radical (unpaired) electrons. The Balaban J connectivity index is 2.07. The summed E-state index contributed by atoms with van der Waals surface area (Å²) in [6, 6.07) is 11.2. The lowest BCUT2D eigenvalue weighted by Crippen LogP contribution is -2.43. The molecule has 26 heavy (non-hydrogen) atoms. The van der Waals surface area contributed by atoms with E-state index in [-0.39, 0.29) is 6.04 Å². The maximum atomic E-state index is 12.4. The van der Waals surface area contributed by atoms with Crippen molar-refractivity contribution >= 4 is 28.8 Å². The number of likely N-dealkylation sites (N-methyl/N-ethyl adjacent to an activating group) is 1. The van der Waals surface area contributed by atoms with E-state index < -0.39 is 5.91 Å². The standard InChI is InChI=1S/C20H23ClN4O/c1-25-12-2-3-17(13-25)24-19(15-8-10-23-11-9-15)18(20(22)26)14-4-6-16(21)7-5-14/h4-11,17,24H,2-3,12-13H2,1H3,(H2,22,26)/b19-18-. The lowest BCUT2D eigenvalue weighted by atomic mass is 9.97. The number of halogens is 1. The maximum Gasteiger partial charge on any atom is 0.251 e. The van der Waals surface area contributed by atoms with Crippen molar-refractivity contribution in [3.8, 4) is 0 Å². The van der Waals surface area contributed by atoms with Crippen LogP contribution in [-0.2, 0) is 4.79 Å². The first-order valence-electron chi connectivity index (χ1n) is 8.70. The molecule has 1 atom stereocenters. The van der Waals surface area contributed by atoms with Gasteiger partial charge in [0.25, 0.3) is 5.91 Å². The van der Waals surface area contributed by atoms with Gasteiger partial charge in [-0.2, -0.15) is 0 Å². The van der Waals surface area contributed by atoms with Gasteiger partial charge in [0, 0.05) is 35.6 Å². The average Bonchev–Trinajstić information content (AvgIpc) is 2.63. The van der Waals surface area contributed by atoms with Gasteiger partial charge in [0.1, 0.15) is 0 Å². The van der Waals surface area contributed by atoms with Crippen molar-refractivity contribution in [3.05, 3.63) is 64.9 Å². The van der Waals surface area contributed by atoms with Crippen LogP contribution in [0.25, 0.3) is 11.3 Å². The zero-order valence-electron chi connectivity index (χ0n) is 14.8. The van der Waals surface area contributed by atoms with Gasteiger partial charge in [-0.05, 0) is 56.3 Å². The van der Waals surface area contributed by atoms with Crippen LogP contribution >= 0.6 is 11.6 Å². The van der Waals surface area contributed by atoms with Crippen LogP contribution in [0.4, 0.5) is 0 Å². The SMILES string of the molecule is CN1CCCC(N/C(=C(\C(N)=O)c2ccc(Cl)cc2)c2ccncc2)C1. The van der Waals surface area contributed by atoms with Crippen LogP contribution in [0.5, 0.6) is 0 Å². The number of nitrogens with one attached hydrogen (secondary N) is 1. The molecule has 6 heteroatoms. The fourth-order valence-electron chi connectivity index (χ4n) is 3.33. The second kappa shape index (κ2) is 8.34.